The molecule has 4 aliphatic heterocycles. The van der Waals surface area contributed by atoms with Gasteiger partial charge in [0.05, 0.1) is 42.4 Å². The van der Waals surface area contributed by atoms with Crippen LogP contribution < -0.4 is 0 Å². The zero-order chi connectivity index (χ0) is 42.8. The fourth-order valence-electron chi connectivity index (χ4n) is 13.6. The summed E-state index contributed by atoms with van der Waals surface area (Å²) in [6.07, 6.45) is -3.69. The summed E-state index contributed by atoms with van der Waals surface area (Å²) in [5.74, 6) is 2.67. The van der Waals surface area contributed by atoms with Gasteiger partial charge >= 0.3 is 0 Å². The Labute approximate surface area is 352 Å². The van der Waals surface area contributed by atoms with Gasteiger partial charge in [-0.2, -0.15) is 0 Å². The number of hydrogen-bond acceptors (Lipinski definition) is 15. The second-order valence-electron chi connectivity index (χ2n) is 20.6. The molecule has 0 amide bonds. The lowest BCUT2D eigenvalue weighted by Gasteiger charge is -2.53. The summed E-state index contributed by atoms with van der Waals surface area (Å²) in [5.41, 5.74) is 4.32. The Morgan fingerprint density at radius 1 is 0.950 bits per heavy atom. The van der Waals surface area contributed by atoms with Crippen LogP contribution in [0.25, 0.3) is 0 Å². The van der Waals surface area contributed by atoms with E-state index in [-0.39, 0.29) is 35.0 Å². The third-order valence-corrected chi connectivity index (χ3v) is 17.1. The lowest BCUT2D eigenvalue weighted by atomic mass is 9.52. The van der Waals surface area contributed by atoms with Crippen LogP contribution in [-0.2, 0) is 25.5 Å². The van der Waals surface area contributed by atoms with Crippen molar-refractivity contribution in [2.75, 3.05) is 19.8 Å². The van der Waals surface area contributed by atoms with Crippen LogP contribution in [0.3, 0.4) is 0 Å². The lowest BCUT2D eigenvalue weighted by Crippen LogP contribution is -2.63. The second kappa shape index (κ2) is 15.7. The topological polar surface area (TPSA) is 233 Å². The second-order valence-corrected chi connectivity index (χ2v) is 20.6. The highest BCUT2D eigenvalue weighted by Gasteiger charge is 2.62. The molecule has 6 fully saturated rings. The number of fused-ring (bicyclic) bond motifs is 6. The van der Waals surface area contributed by atoms with Gasteiger partial charge in [-0.25, -0.2) is 4.68 Å². The zero-order valence-corrected chi connectivity index (χ0v) is 35.8. The number of nitrogens with zero attached hydrogens (tertiary/aromatic N) is 4. The molecule has 4 aliphatic carbocycles. The molecule has 1 aromatic rings. The van der Waals surface area contributed by atoms with E-state index >= 15 is 0 Å². The molecule has 21 unspecified atom stereocenters. The fourth-order valence-corrected chi connectivity index (χ4v) is 13.6. The molecule has 2 saturated carbocycles. The van der Waals surface area contributed by atoms with E-state index in [2.05, 4.69) is 55.9 Å². The first-order valence-corrected chi connectivity index (χ1v) is 22.4. The van der Waals surface area contributed by atoms with Crippen LogP contribution in [0.1, 0.15) is 98.4 Å². The maximum absolute atomic E-state index is 11.3. The van der Waals surface area contributed by atoms with Gasteiger partial charge in [-0.15, -0.1) is 5.10 Å². The van der Waals surface area contributed by atoms with Crippen LogP contribution in [0.15, 0.2) is 29.0 Å². The quantitative estimate of drug-likeness (QED) is 0.179. The molecule has 16 heteroatoms. The van der Waals surface area contributed by atoms with Crippen molar-refractivity contribution >= 4 is 0 Å². The molecule has 60 heavy (non-hydrogen) atoms. The first-order valence-electron chi connectivity index (χ1n) is 22.4. The number of rotatable bonds is 7. The summed E-state index contributed by atoms with van der Waals surface area (Å²) in [7, 11) is 0. The summed E-state index contributed by atoms with van der Waals surface area (Å²) in [4.78, 5) is 2.48. The predicted molar refractivity (Wildman–Crippen MR) is 213 cm³/mol. The van der Waals surface area contributed by atoms with E-state index < -0.39 is 80.2 Å². The maximum atomic E-state index is 11.3. The Kier molecular flexibility index (Phi) is 11.3. The van der Waals surface area contributed by atoms with Crippen molar-refractivity contribution < 1.29 is 59.8 Å². The summed E-state index contributed by atoms with van der Waals surface area (Å²) in [5, 5.41) is 93.3. The number of likely N-dealkylation sites (tertiary alicyclic amines) is 1. The molecule has 0 aromatic carbocycles. The minimum absolute atomic E-state index is 0.0615. The number of ether oxygens (including phenoxy) is 4. The van der Waals surface area contributed by atoms with Crippen molar-refractivity contribution in [1.82, 2.24) is 19.9 Å². The predicted octanol–water partition coefficient (Wildman–Crippen LogP) is 0.939. The molecule has 0 radical (unpaired) electrons. The van der Waals surface area contributed by atoms with Crippen LogP contribution in [0.5, 0.6) is 0 Å². The SMILES string of the molecule is CC1=C2CC3C(CC=C4CC(C)(O)C(C)CC43C)C2CCC12OC1CC(C)CN(Cc3cn(C4OC(CO)C(OC5OC(CO)C(O)C(O)C5O)C(O)C4O)nn3)C1C2C. The highest BCUT2D eigenvalue weighted by Crippen LogP contribution is 2.66. The van der Waals surface area contributed by atoms with Gasteiger partial charge in [0, 0.05) is 25.0 Å². The van der Waals surface area contributed by atoms with Gasteiger partial charge in [0.2, 0.25) is 0 Å². The first kappa shape index (κ1) is 43.4. The standard InChI is InChI=1S/C44H68N4O12/c1-20-11-30-33(23(4)44(60-30)10-9-26-27-8-7-24-14-43(6,56)21(2)13-42(24,5)29(27)12-28(26)22(44)3)47(15-20)16-25-17-48(46-45-25)40-37(54)36(53)39(32(19-50)57-40)59-41-38(55)35(52)34(51)31(18-49)58-41/h7,17,20-21,23,26-27,29-41,49-56H,8-16,18-19H2,1-6H3. The number of allylic oxidation sites excluding steroid dienone is 2. The van der Waals surface area contributed by atoms with Gasteiger partial charge in [0.25, 0.3) is 0 Å². The van der Waals surface area contributed by atoms with Crippen LogP contribution in [0.2, 0.25) is 0 Å². The third-order valence-electron chi connectivity index (χ3n) is 17.1. The van der Waals surface area contributed by atoms with Crippen molar-refractivity contribution in [3.8, 4) is 0 Å². The molecule has 336 valence electrons. The Balaban J connectivity index is 0.902. The van der Waals surface area contributed by atoms with Crippen molar-refractivity contribution in [1.29, 1.82) is 0 Å². The van der Waals surface area contributed by atoms with Gasteiger partial charge in [0.15, 0.2) is 12.5 Å². The van der Waals surface area contributed by atoms with E-state index in [0.717, 1.165) is 51.5 Å². The van der Waals surface area contributed by atoms with Crippen molar-refractivity contribution in [3.63, 3.8) is 0 Å². The molecule has 8 aliphatic rings. The summed E-state index contributed by atoms with van der Waals surface area (Å²) in [6.45, 7) is 13.8. The van der Waals surface area contributed by atoms with Gasteiger partial charge in [0.1, 0.15) is 48.8 Å². The number of aliphatic hydroxyl groups excluding tert-OH is 7. The highest BCUT2D eigenvalue weighted by atomic mass is 16.7. The number of aromatic nitrogens is 3. The third kappa shape index (κ3) is 6.73. The van der Waals surface area contributed by atoms with Gasteiger partial charge < -0.3 is 59.8 Å². The van der Waals surface area contributed by atoms with Gasteiger partial charge in [-0.05, 0) is 99.4 Å². The monoisotopic (exact) mass is 844 g/mol. The van der Waals surface area contributed by atoms with E-state index in [1.807, 2.05) is 6.92 Å². The largest absolute Gasteiger partial charge is 0.394 e. The van der Waals surface area contributed by atoms with Crippen molar-refractivity contribution in [2.45, 2.75) is 178 Å². The lowest BCUT2D eigenvalue weighted by molar-refractivity contribution is -0.347. The smallest absolute Gasteiger partial charge is 0.187 e. The maximum Gasteiger partial charge on any atom is 0.187 e. The minimum atomic E-state index is -1.75. The molecular weight excluding hydrogens is 777 g/mol. The zero-order valence-electron chi connectivity index (χ0n) is 35.8. The molecule has 1 aromatic heterocycles. The molecule has 0 bridgehead atoms. The molecule has 16 nitrogen and oxygen atoms in total. The number of piperidine rings is 1. The molecule has 5 heterocycles. The van der Waals surface area contributed by atoms with E-state index in [9.17, 15) is 40.9 Å². The van der Waals surface area contributed by atoms with E-state index in [0.29, 0.717) is 35.9 Å². The average Bonchev–Trinajstić information content (AvgIpc) is 3.91. The van der Waals surface area contributed by atoms with E-state index in [1.165, 1.54) is 15.8 Å². The van der Waals surface area contributed by atoms with Crippen LogP contribution in [0, 0.1) is 40.9 Å². The first-order chi connectivity index (χ1) is 28.4. The highest BCUT2D eigenvalue weighted by molar-refractivity contribution is 5.39. The molecule has 1 spiro atoms. The Morgan fingerprint density at radius 2 is 1.70 bits per heavy atom. The molecule has 21 atom stereocenters. The minimum Gasteiger partial charge on any atom is -0.394 e. The summed E-state index contributed by atoms with van der Waals surface area (Å²) >= 11 is 0. The van der Waals surface area contributed by atoms with Crippen LogP contribution >= 0.6 is 0 Å². The van der Waals surface area contributed by atoms with Gasteiger partial charge in [-0.1, -0.05) is 50.1 Å². The van der Waals surface area contributed by atoms with Crippen LogP contribution in [0.4, 0.5) is 0 Å². The molecule has 4 saturated heterocycles. The Morgan fingerprint density at radius 3 is 2.43 bits per heavy atom. The molecule has 8 N–H and O–H groups in total. The normalized spacial score (nSPS) is 51.9. The van der Waals surface area contributed by atoms with Gasteiger partial charge in [-0.3, -0.25) is 4.90 Å². The van der Waals surface area contributed by atoms with E-state index in [1.54, 1.807) is 11.8 Å². The number of hydrogen-bond donors (Lipinski definition) is 8. The van der Waals surface area contributed by atoms with Crippen molar-refractivity contribution in [2.24, 2.45) is 40.9 Å². The summed E-state index contributed by atoms with van der Waals surface area (Å²) < 4.78 is 25.9. The molecule has 9 rings (SSSR count). The Hall–Kier alpha value is -1.90. The van der Waals surface area contributed by atoms with Crippen LogP contribution in [-0.4, -0.2) is 159 Å². The average molecular weight is 845 g/mol. The summed E-state index contributed by atoms with van der Waals surface area (Å²) in [6, 6.07) is 0.159. The number of aliphatic hydroxyl groups is 8. The fraction of sp³-hybridized carbons (Fsp3) is 0.864. The van der Waals surface area contributed by atoms with E-state index in [4.69, 9.17) is 18.9 Å². The van der Waals surface area contributed by atoms with Crippen molar-refractivity contribution in [3.05, 3.63) is 34.7 Å². The Bertz CT molecular complexity index is 1820. The molecular formula is C44H68N4O12.